The second kappa shape index (κ2) is 9.37. The van der Waals surface area contributed by atoms with Gasteiger partial charge in [0.25, 0.3) is 5.91 Å². The molecule has 0 saturated carbocycles. The Balaban J connectivity index is 1.94. The van der Waals surface area contributed by atoms with Crippen LogP contribution in [0.3, 0.4) is 0 Å². The summed E-state index contributed by atoms with van der Waals surface area (Å²) in [5.74, 6) is -2.02. The van der Waals surface area contributed by atoms with Gasteiger partial charge in [-0.3, -0.25) is 4.79 Å². The minimum absolute atomic E-state index is 0.0886. The van der Waals surface area contributed by atoms with Crippen LogP contribution in [0.4, 0.5) is 8.78 Å². The number of carbonyl (C=O) groups excluding carboxylic acids is 1. The largest absolute Gasteiger partial charge is 0.314 e. The third kappa shape index (κ3) is 4.76. The molecule has 0 N–H and O–H groups in total. The van der Waals surface area contributed by atoms with Crippen molar-refractivity contribution in [2.75, 3.05) is 13.6 Å². The van der Waals surface area contributed by atoms with Crippen molar-refractivity contribution in [1.82, 2.24) is 8.87 Å². The predicted molar refractivity (Wildman–Crippen MR) is 116 cm³/mol. The molecular weight excluding hydrogens is 444 g/mol. The highest BCUT2D eigenvalue weighted by atomic mass is 32.2. The van der Waals surface area contributed by atoms with Gasteiger partial charge in [-0.15, -0.1) is 0 Å². The van der Waals surface area contributed by atoms with Crippen molar-refractivity contribution in [2.24, 2.45) is 4.99 Å². The van der Waals surface area contributed by atoms with Crippen LogP contribution in [-0.2, 0) is 16.6 Å². The maximum absolute atomic E-state index is 14.2. The minimum atomic E-state index is -3.64. The molecule has 6 nitrogen and oxygen atoms in total. The summed E-state index contributed by atoms with van der Waals surface area (Å²) in [6.45, 7) is 4.51. The van der Waals surface area contributed by atoms with E-state index in [9.17, 15) is 22.0 Å². The van der Waals surface area contributed by atoms with E-state index in [2.05, 4.69) is 4.99 Å². The Hall–Kier alpha value is -2.43. The molecule has 0 atom stereocenters. The van der Waals surface area contributed by atoms with Crippen LogP contribution in [0, 0.1) is 11.6 Å². The molecule has 1 amide bonds. The number of carbonyl (C=O) groups is 1. The molecule has 0 aliphatic rings. The molecule has 10 heteroatoms. The quantitative estimate of drug-likeness (QED) is 0.524. The van der Waals surface area contributed by atoms with E-state index in [4.69, 9.17) is 0 Å². The normalized spacial score (nSPS) is 12.8. The van der Waals surface area contributed by atoms with E-state index < -0.39 is 27.6 Å². The first-order chi connectivity index (χ1) is 14.7. The van der Waals surface area contributed by atoms with Crippen molar-refractivity contribution in [3.63, 3.8) is 0 Å². The van der Waals surface area contributed by atoms with Crippen molar-refractivity contribution in [3.05, 3.63) is 58.4 Å². The Morgan fingerprint density at radius 2 is 1.84 bits per heavy atom. The van der Waals surface area contributed by atoms with Crippen LogP contribution in [-0.4, -0.2) is 36.8 Å². The molecule has 3 aromatic rings. The summed E-state index contributed by atoms with van der Waals surface area (Å²) in [7, 11) is -2.12. The van der Waals surface area contributed by atoms with Gasteiger partial charge in [0.15, 0.2) is 10.6 Å². The van der Waals surface area contributed by atoms with Gasteiger partial charge in [-0.1, -0.05) is 24.7 Å². The molecule has 0 fully saturated rings. The van der Waals surface area contributed by atoms with Gasteiger partial charge >= 0.3 is 0 Å². The Morgan fingerprint density at radius 3 is 2.45 bits per heavy atom. The number of amides is 1. The third-order valence-corrected chi connectivity index (χ3v) is 7.74. The van der Waals surface area contributed by atoms with E-state index in [-0.39, 0.29) is 20.8 Å². The molecule has 0 bridgehead atoms. The molecule has 0 saturated heterocycles. The summed E-state index contributed by atoms with van der Waals surface area (Å²) in [4.78, 5) is 17.0. The van der Waals surface area contributed by atoms with Gasteiger partial charge in [0.05, 0.1) is 15.1 Å². The smallest absolute Gasteiger partial charge is 0.279 e. The fraction of sp³-hybridized carbons (Fsp3) is 0.333. The molecule has 0 unspecified atom stereocenters. The van der Waals surface area contributed by atoms with Gasteiger partial charge in [0.2, 0.25) is 10.0 Å². The van der Waals surface area contributed by atoms with E-state index in [1.807, 2.05) is 6.92 Å². The number of nitrogens with zero attached hydrogens (tertiary/aromatic N) is 3. The number of hydrogen-bond donors (Lipinski definition) is 0. The molecule has 166 valence electrons. The molecule has 0 aliphatic carbocycles. The topological polar surface area (TPSA) is 71.7 Å². The average molecular weight is 468 g/mol. The zero-order valence-electron chi connectivity index (χ0n) is 17.4. The van der Waals surface area contributed by atoms with Crippen LogP contribution >= 0.6 is 11.3 Å². The van der Waals surface area contributed by atoms with Gasteiger partial charge in [0.1, 0.15) is 5.82 Å². The van der Waals surface area contributed by atoms with E-state index in [0.29, 0.717) is 17.8 Å². The van der Waals surface area contributed by atoms with Crippen molar-refractivity contribution in [1.29, 1.82) is 0 Å². The number of sulfonamides is 1. The van der Waals surface area contributed by atoms with Crippen LogP contribution in [0.2, 0.25) is 0 Å². The van der Waals surface area contributed by atoms with Gasteiger partial charge in [0, 0.05) is 31.8 Å². The first-order valence-corrected chi connectivity index (χ1v) is 12.1. The van der Waals surface area contributed by atoms with Crippen molar-refractivity contribution in [2.45, 2.75) is 38.1 Å². The Bertz CT molecular complexity index is 1280. The predicted octanol–water partition coefficient (Wildman–Crippen LogP) is 4.16. The first kappa shape index (κ1) is 23.2. The van der Waals surface area contributed by atoms with Gasteiger partial charge in [-0.2, -0.15) is 4.99 Å². The number of aryl methyl sites for hydroxylation is 1. The molecule has 31 heavy (non-hydrogen) atoms. The summed E-state index contributed by atoms with van der Waals surface area (Å²) < 4.78 is 56.1. The Kier molecular flexibility index (Phi) is 7.03. The molecule has 2 aromatic carbocycles. The lowest BCUT2D eigenvalue weighted by molar-refractivity contribution is 0.0997. The number of hydrogen-bond acceptors (Lipinski definition) is 4. The number of rotatable bonds is 7. The van der Waals surface area contributed by atoms with Crippen LogP contribution < -0.4 is 4.80 Å². The number of benzene rings is 2. The van der Waals surface area contributed by atoms with E-state index in [0.717, 1.165) is 30.2 Å². The molecule has 0 spiro atoms. The molecule has 0 aliphatic heterocycles. The summed E-state index contributed by atoms with van der Waals surface area (Å²) in [6.07, 6.45) is 1.63. The summed E-state index contributed by atoms with van der Waals surface area (Å²) in [6, 6.07) is 7.53. The minimum Gasteiger partial charge on any atom is -0.314 e. The van der Waals surface area contributed by atoms with Crippen LogP contribution in [0.5, 0.6) is 0 Å². The number of aromatic nitrogens is 1. The van der Waals surface area contributed by atoms with Crippen molar-refractivity contribution < 1.29 is 22.0 Å². The summed E-state index contributed by atoms with van der Waals surface area (Å²) in [5.41, 5.74) is 0.388. The summed E-state index contributed by atoms with van der Waals surface area (Å²) >= 11 is 1.01. The maximum atomic E-state index is 14.2. The number of halogens is 2. The molecule has 1 aromatic heterocycles. The number of unbranched alkanes of at least 4 members (excludes halogenated alkanes) is 1. The molecule has 0 radical (unpaired) electrons. The lowest BCUT2D eigenvalue weighted by atomic mass is 10.2. The standard InChI is InChI=1S/C21H23F2N3O3S2/c1-4-6-11-25(3)31(28,29)16-9-7-14(8-10-16)20(27)24-21-26(5-2)19-17(23)12-15(22)13-18(19)30-21/h7-10,12-13H,4-6,11H2,1-3H3. The zero-order chi connectivity index (χ0) is 22.8. The van der Waals surface area contributed by atoms with E-state index in [1.54, 1.807) is 6.92 Å². The summed E-state index contributed by atoms with van der Waals surface area (Å²) in [5, 5.41) is 0. The Morgan fingerprint density at radius 1 is 1.16 bits per heavy atom. The van der Waals surface area contributed by atoms with Crippen LogP contribution in [0.1, 0.15) is 37.0 Å². The van der Waals surface area contributed by atoms with Gasteiger partial charge < -0.3 is 4.57 Å². The van der Waals surface area contributed by atoms with Gasteiger partial charge in [-0.25, -0.2) is 21.5 Å². The fourth-order valence-corrected chi connectivity index (χ4v) is 5.45. The highest BCUT2D eigenvalue weighted by molar-refractivity contribution is 7.89. The van der Waals surface area contributed by atoms with Crippen molar-refractivity contribution >= 4 is 37.5 Å². The zero-order valence-corrected chi connectivity index (χ0v) is 19.1. The maximum Gasteiger partial charge on any atom is 0.279 e. The second-order valence-corrected chi connectivity index (χ2v) is 10.0. The van der Waals surface area contributed by atoms with E-state index >= 15 is 0 Å². The first-order valence-electron chi connectivity index (χ1n) is 9.82. The number of fused-ring (bicyclic) bond motifs is 1. The highest BCUT2D eigenvalue weighted by Gasteiger charge is 2.20. The second-order valence-electron chi connectivity index (χ2n) is 6.98. The number of thiazole rings is 1. The van der Waals surface area contributed by atoms with Crippen LogP contribution in [0.15, 0.2) is 46.3 Å². The van der Waals surface area contributed by atoms with Crippen molar-refractivity contribution in [3.8, 4) is 0 Å². The molecular formula is C21H23F2N3O3S2. The van der Waals surface area contributed by atoms with Gasteiger partial charge in [-0.05, 0) is 43.7 Å². The van der Waals surface area contributed by atoms with Crippen LogP contribution in [0.25, 0.3) is 10.2 Å². The monoisotopic (exact) mass is 467 g/mol. The SMILES string of the molecule is CCCCN(C)S(=O)(=O)c1ccc(C(=O)N=c2sc3cc(F)cc(F)c3n2CC)cc1. The van der Waals surface area contributed by atoms with E-state index in [1.165, 1.54) is 46.3 Å². The Labute approximate surface area is 183 Å². The highest BCUT2D eigenvalue weighted by Crippen LogP contribution is 2.22. The third-order valence-electron chi connectivity index (χ3n) is 4.84. The average Bonchev–Trinajstić information content (AvgIpc) is 3.08. The molecule has 1 heterocycles. The lowest BCUT2D eigenvalue weighted by Gasteiger charge is -2.16. The fourth-order valence-electron chi connectivity index (χ4n) is 3.11. The molecule has 3 rings (SSSR count). The lowest BCUT2D eigenvalue weighted by Crippen LogP contribution is -2.27.